The Bertz CT molecular complexity index is 451. The van der Waals surface area contributed by atoms with Gasteiger partial charge in [-0.05, 0) is 17.6 Å². The van der Waals surface area contributed by atoms with Crippen LogP contribution in [0.3, 0.4) is 0 Å². The van der Waals surface area contributed by atoms with Crippen molar-refractivity contribution in [3.05, 3.63) is 42.5 Å². The molecule has 0 aliphatic heterocycles. The molecule has 0 fully saturated rings. The SMILES string of the molecule is C=C(COCCCCCCCCCCCCCCCCCC)c1ccccc1. The molecule has 1 heteroatoms. The molecule has 0 bridgehead atoms. The molecule has 0 heterocycles. The van der Waals surface area contributed by atoms with Gasteiger partial charge in [0, 0.05) is 6.61 Å². The van der Waals surface area contributed by atoms with Gasteiger partial charge >= 0.3 is 0 Å². The van der Waals surface area contributed by atoms with Crippen LogP contribution in [-0.2, 0) is 4.74 Å². The Morgan fingerprint density at radius 2 is 1.07 bits per heavy atom. The monoisotopic (exact) mass is 386 g/mol. The summed E-state index contributed by atoms with van der Waals surface area (Å²) in [5, 5.41) is 0. The van der Waals surface area contributed by atoms with Crippen molar-refractivity contribution in [2.45, 2.75) is 110 Å². The molecule has 0 aromatic heterocycles. The zero-order valence-electron chi connectivity index (χ0n) is 18.7. The number of rotatable bonds is 20. The molecule has 0 amide bonds. The lowest BCUT2D eigenvalue weighted by atomic mass is 10.0. The Hall–Kier alpha value is -1.08. The van der Waals surface area contributed by atoms with E-state index in [1.807, 2.05) is 6.07 Å². The first kappa shape index (κ1) is 25.0. The van der Waals surface area contributed by atoms with E-state index in [2.05, 4.69) is 37.8 Å². The highest BCUT2D eigenvalue weighted by molar-refractivity contribution is 5.63. The molecule has 1 aromatic rings. The first-order valence-electron chi connectivity index (χ1n) is 12.2. The van der Waals surface area contributed by atoms with Crippen LogP contribution in [0.25, 0.3) is 5.57 Å². The number of ether oxygens (including phenoxy) is 1. The summed E-state index contributed by atoms with van der Waals surface area (Å²) in [7, 11) is 0. The van der Waals surface area contributed by atoms with E-state index < -0.39 is 0 Å². The van der Waals surface area contributed by atoms with Crippen LogP contribution >= 0.6 is 0 Å². The number of unbranched alkanes of at least 4 members (excludes halogenated alkanes) is 15. The maximum atomic E-state index is 5.77. The third-order valence-electron chi connectivity index (χ3n) is 5.60. The average Bonchev–Trinajstić information content (AvgIpc) is 2.73. The molecule has 28 heavy (non-hydrogen) atoms. The molecule has 1 rings (SSSR count). The van der Waals surface area contributed by atoms with Crippen molar-refractivity contribution in [2.75, 3.05) is 13.2 Å². The highest BCUT2D eigenvalue weighted by Crippen LogP contribution is 2.14. The second-order valence-corrected chi connectivity index (χ2v) is 8.33. The molecule has 160 valence electrons. The predicted octanol–water partition coefficient (Wildman–Crippen LogP) is 8.98. The minimum Gasteiger partial charge on any atom is -0.377 e. The second-order valence-electron chi connectivity index (χ2n) is 8.33. The van der Waals surface area contributed by atoms with Gasteiger partial charge < -0.3 is 4.74 Å². The van der Waals surface area contributed by atoms with Crippen LogP contribution in [0.4, 0.5) is 0 Å². The molecule has 0 saturated heterocycles. The summed E-state index contributed by atoms with van der Waals surface area (Å²) in [6.45, 7) is 7.93. The Morgan fingerprint density at radius 1 is 0.643 bits per heavy atom. The molecule has 0 spiro atoms. The third kappa shape index (κ3) is 14.9. The molecule has 0 aliphatic rings. The minimum atomic E-state index is 0.656. The highest BCUT2D eigenvalue weighted by atomic mass is 16.5. The van der Waals surface area contributed by atoms with Gasteiger partial charge in [0.15, 0.2) is 0 Å². The van der Waals surface area contributed by atoms with Crippen LogP contribution in [-0.4, -0.2) is 13.2 Å². The predicted molar refractivity (Wildman–Crippen MR) is 126 cm³/mol. The molecule has 0 atom stereocenters. The molecule has 0 radical (unpaired) electrons. The van der Waals surface area contributed by atoms with Gasteiger partial charge in [-0.1, -0.05) is 140 Å². The van der Waals surface area contributed by atoms with Crippen LogP contribution in [0.15, 0.2) is 36.9 Å². The van der Waals surface area contributed by atoms with E-state index >= 15 is 0 Å². The first-order chi connectivity index (χ1) is 13.8. The van der Waals surface area contributed by atoms with Gasteiger partial charge in [-0.15, -0.1) is 0 Å². The van der Waals surface area contributed by atoms with Crippen molar-refractivity contribution in [3.8, 4) is 0 Å². The quantitative estimate of drug-likeness (QED) is 0.203. The van der Waals surface area contributed by atoms with E-state index in [1.165, 1.54) is 108 Å². The molecular weight excluding hydrogens is 340 g/mol. The van der Waals surface area contributed by atoms with Crippen molar-refractivity contribution in [3.63, 3.8) is 0 Å². The van der Waals surface area contributed by atoms with Gasteiger partial charge in [-0.3, -0.25) is 0 Å². The fourth-order valence-electron chi connectivity index (χ4n) is 3.70. The normalized spacial score (nSPS) is 11.0. The topological polar surface area (TPSA) is 9.23 Å². The summed E-state index contributed by atoms with van der Waals surface area (Å²) in [6, 6.07) is 10.3. The van der Waals surface area contributed by atoms with E-state index in [0.717, 1.165) is 12.2 Å². The summed E-state index contributed by atoms with van der Waals surface area (Å²) in [6.07, 6.45) is 22.5. The summed E-state index contributed by atoms with van der Waals surface area (Å²) in [5.41, 5.74) is 2.27. The maximum absolute atomic E-state index is 5.77. The van der Waals surface area contributed by atoms with Crippen LogP contribution in [0, 0.1) is 0 Å². The van der Waals surface area contributed by atoms with Gasteiger partial charge in [0.1, 0.15) is 0 Å². The fraction of sp³-hybridized carbons (Fsp3) is 0.704. The standard InChI is InChI=1S/C27H46O/c1-3-4-5-6-7-8-9-10-11-12-13-14-15-16-17-21-24-28-25-26(2)27-22-19-18-20-23-27/h18-20,22-23H,2-17,21,24-25H2,1H3. The smallest absolute Gasteiger partial charge is 0.0716 e. The first-order valence-corrected chi connectivity index (χ1v) is 12.2. The third-order valence-corrected chi connectivity index (χ3v) is 5.60. The number of benzene rings is 1. The summed E-state index contributed by atoms with van der Waals surface area (Å²) in [5.74, 6) is 0. The van der Waals surface area contributed by atoms with Crippen LogP contribution in [0.5, 0.6) is 0 Å². The summed E-state index contributed by atoms with van der Waals surface area (Å²) < 4.78 is 5.77. The van der Waals surface area contributed by atoms with Crippen LogP contribution in [0.2, 0.25) is 0 Å². The molecule has 1 nitrogen and oxygen atoms in total. The lowest BCUT2D eigenvalue weighted by molar-refractivity contribution is 0.162. The van der Waals surface area contributed by atoms with Gasteiger partial charge in [-0.2, -0.15) is 0 Å². The second kappa shape index (κ2) is 19.2. The largest absolute Gasteiger partial charge is 0.377 e. The zero-order chi connectivity index (χ0) is 20.1. The van der Waals surface area contributed by atoms with E-state index in [4.69, 9.17) is 4.74 Å². The number of hydrogen-bond acceptors (Lipinski definition) is 1. The van der Waals surface area contributed by atoms with Crippen molar-refractivity contribution in [1.82, 2.24) is 0 Å². The Balaban J connectivity index is 1.74. The van der Waals surface area contributed by atoms with Crippen LogP contribution in [0.1, 0.15) is 115 Å². The van der Waals surface area contributed by atoms with Crippen molar-refractivity contribution >= 4 is 5.57 Å². The van der Waals surface area contributed by atoms with Crippen molar-refractivity contribution < 1.29 is 4.74 Å². The van der Waals surface area contributed by atoms with E-state index in [-0.39, 0.29) is 0 Å². The molecule has 0 N–H and O–H groups in total. The lowest BCUT2D eigenvalue weighted by Crippen LogP contribution is -1.99. The van der Waals surface area contributed by atoms with Crippen LogP contribution < -0.4 is 0 Å². The fourth-order valence-corrected chi connectivity index (χ4v) is 3.70. The number of hydrogen-bond donors (Lipinski definition) is 0. The van der Waals surface area contributed by atoms with Gasteiger partial charge in [0.2, 0.25) is 0 Å². The van der Waals surface area contributed by atoms with Crippen molar-refractivity contribution in [2.24, 2.45) is 0 Å². The summed E-state index contributed by atoms with van der Waals surface area (Å²) in [4.78, 5) is 0. The van der Waals surface area contributed by atoms with Gasteiger partial charge in [0.05, 0.1) is 6.61 Å². The highest BCUT2D eigenvalue weighted by Gasteiger charge is 1.98. The Kier molecular flexibility index (Phi) is 17.2. The summed E-state index contributed by atoms with van der Waals surface area (Å²) >= 11 is 0. The van der Waals surface area contributed by atoms with E-state index in [9.17, 15) is 0 Å². The van der Waals surface area contributed by atoms with E-state index in [1.54, 1.807) is 0 Å². The Labute approximate surface area is 176 Å². The molecule has 0 aliphatic carbocycles. The molecular formula is C27H46O. The molecule has 0 unspecified atom stereocenters. The van der Waals surface area contributed by atoms with Gasteiger partial charge in [-0.25, -0.2) is 0 Å². The van der Waals surface area contributed by atoms with E-state index in [0.29, 0.717) is 6.61 Å². The minimum absolute atomic E-state index is 0.656. The maximum Gasteiger partial charge on any atom is 0.0716 e. The molecule has 0 saturated carbocycles. The Morgan fingerprint density at radius 3 is 1.54 bits per heavy atom. The van der Waals surface area contributed by atoms with Crippen molar-refractivity contribution in [1.29, 1.82) is 0 Å². The molecule has 1 aromatic carbocycles. The lowest BCUT2D eigenvalue weighted by Gasteiger charge is -2.07. The zero-order valence-corrected chi connectivity index (χ0v) is 18.7. The average molecular weight is 387 g/mol. The van der Waals surface area contributed by atoms with Gasteiger partial charge in [0.25, 0.3) is 0 Å².